The molecule has 0 aliphatic carbocycles. The molecule has 1 fully saturated rings. The quantitative estimate of drug-likeness (QED) is 0.856. The molecule has 3 nitrogen and oxygen atoms in total. The first-order valence-corrected chi connectivity index (χ1v) is 7.91. The van der Waals surface area contributed by atoms with Gasteiger partial charge in [0.1, 0.15) is 0 Å². The molecule has 0 aromatic heterocycles. The van der Waals surface area contributed by atoms with Crippen molar-refractivity contribution in [2.75, 3.05) is 13.2 Å². The molecule has 3 atom stereocenters. The van der Waals surface area contributed by atoms with Gasteiger partial charge in [0.15, 0.2) is 5.17 Å². The Labute approximate surface area is 115 Å². The molecule has 18 heavy (non-hydrogen) atoms. The van der Waals surface area contributed by atoms with E-state index in [4.69, 9.17) is 4.74 Å². The topological polar surface area (TPSA) is 33.6 Å². The van der Waals surface area contributed by atoms with Crippen LogP contribution < -0.4 is 5.32 Å². The molecule has 0 aromatic carbocycles. The maximum atomic E-state index is 5.71. The molecular weight excluding hydrogens is 244 g/mol. The Hall–Kier alpha value is -0.220. The number of nitrogens with one attached hydrogen (secondary N) is 1. The van der Waals surface area contributed by atoms with E-state index in [2.05, 4.69) is 38.0 Å². The lowest BCUT2D eigenvalue weighted by Gasteiger charge is -2.23. The minimum Gasteiger partial charge on any atom is -0.376 e. The average Bonchev–Trinajstić information content (AvgIpc) is 2.86. The van der Waals surface area contributed by atoms with Gasteiger partial charge in [0.05, 0.1) is 18.7 Å². The van der Waals surface area contributed by atoms with Gasteiger partial charge in [-0.2, -0.15) is 0 Å². The van der Waals surface area contributed by atoms with Crippen LogP contribution in [0.2, 0.25) is 0 Å². The Balaban J connectivity index is 1.75. The molecule has 4 heteroatoms. The van der Waals surface area contributed by atoms with Crippen LogP contribution in [0.5, 0.6) is 0 Å². The lowest BCUT2D eigenvalue weighted by atomic mass is 9.90. The highest BCUT2D eigenvalue weighted by Crippen LogP contribution is 2.31. The minimum atomic E-state index is 0.370. The number of nitrogens with zero attached hydrogens (tertiary/aromatic N) is 1. The highest BCUT2D eigenvalue weighted by molar-refractivity contribution is 8.14. The van der Waals surface area contributed by atoms with E-state index >= 15 is 0 Å². The number of amidine groups is 1. The number of aliphatic imine (C=N–C) groups is 1. The summed E-state index contributed by atoms with van der Waals surface area (Å²) < 4.78 is 5.71. The first-order chi connectivity index (χ1) is 8.44. The number of thioether (sulfide) groups is 1. The van der Waals surface area contributed by atoms with Gasteiger partial charge in [-0.25, -0.2) is 0 Å². The smallest absolute Gasteiger partial charge is 0.157 e. The molecule has 2 rings (SSSR count). The van der Waals surface area contributed by atoms with E-state index in [0.717, 1.165) is 18.3 Å². The summed E-state index contributed by atoms with van der Waals surface area (Å²) in [6.07, 6.45) is 3.97. The number of rotatable bonds is 3. The summed E-state index contributed by atoms with van der Waals surface area (Å²) in [6.45, 7) is 11.0. The van der Waals surface area contributed by atoms with Crippen molar-refractivity contribution in [3.8, 4) is 0 Å². The van der Waals surface area contributed by atoms with Crippen LogP contribution in [0.1, 0.15) is 47.0 Å². The van der Waals surface area contributed by atoms with Gasteiger partial charge in [0.2, 0.25) is 0 Å². The Morgan fingerprint density at radius 2 is 2.28 bits per heavy atom. The van der Waals surface area contributed by atoms with Crippen molar-refractivity contribution in [3.05, 3.63) is 0 Å². The lowest BCUT2D eigenvalue weighted by Crippen LogP contribution is -2.39. The zero-order valence-corrected chi connectivity index (χ0v) is 12.8. The van der Waals surface area contributed by atoms with E-state index < -0.39 is 0 Å². The van der Waals surface area contributed by atoms with Crippen molar-refractivity contribution in [1.82, 2.24) is 5.32 Å². The van der Waals surface area contributed by atoms with Crippen molar-refractivity contribution in [1.29, 1.82) is 0 Å². The van der Waals surface area contributed by atoms with Gasteiger partial charge >= 0.3 is 0 Å². The predicted molar refractivity (Wildman–Crippen MR) is 79.3 cm³/mol. The summed E-state index contributed by atoms with van der Waals surface area (Å²) in [5.74, 6) is 0. The van der Waals surface area contributed by atoms with Crippen LogP contribution in [0.25, 0.3) is 0 Å². The van der Waals surface area contributed by atoms with Gasteiger partial charge in [0, 0.05) is 11.9 Å². The van der Waals surface area contributed by atoms with Crippen LogP contribution in [-0.2, 0) is 4.74 Å². The molecular formula is C14H26N2OS. The second kappa shape index (κ2) is 5.83. The van der Waals surface area contributed by atoms with E-state index in [0.29, 0.717) is 22.8 Å². The van der Waals surface area contributed by atoms with E-state index in [1.54, 1.807) is 0 Å². The molecule has 104 valence electrons. The minimum absolute atomic E-state index is 0.370. The molecule has 0 radical (unpaired) electrons. The molecule has 2 heterocycles. The molecule has 3 unspecified atom stereocenters. The lowest BCUT2D eigenvalue weighted by molar-refractivity contribution is 0.0896. The third-order valence-corrected chi connectivity index (χ3v) is 4.55. The summed E-state index contributed by atoms with van der Waals surface area (Å²) in [5.41, 5.74) is 0.392. The second-order valence-electron chi connectivity index (χ2n) is 6.63. The molecule has 0 spiro atoms. The van der Waals surface area contributed by atoms with Crippen molar-refractivity contribution in [3.63, 3.8) is 0 Å². The number of hydrogen-bond acceptors (Lipinski definition) is 4. The van der Waals surface area contributed by atoms with E-state index in [9.17, 15) is 0 Å². The molecule has 0 amide bonds. The first kappa shape index (κ1) is 14.2. The SMILES string of the molecule is CC(NC1=NCC(CC(C)(C)C)S1)C1CCCO1. The number of ether oxygens (including phenoxy) is 1. The third-order valence-electron chi connectivity index (χ3n) is 3.43. The predicted octanol–water partition coefficient (Wildman–Crippen LogP) is 3.05. The standard InChI is InChI=1S/C14H26N2OS/c1-10(12-6-5-7-17-12)16-13-15-9-11(18-13)8-14(2,3)4/h10-12H,5-9H2,1-4H3,(H,15,16). The third kappa shape index (κ3) is 4.16. The molecule has 2 aliphatic rings. The molecule has 1 saturated heterocycles. The van der Waals surface area contributed by atoms with Crippen molar-refractivity contribution in [2.45, 2.75) is 64.4 Å². The fraction of sp³-hybridized carbons (Fsp3) is 0.929. The largest absolute Gasteiger partial charge is 0.376 e. The van der Waals surface area contributed by atoms with Crippen LogP contribution in [0.3, 0.4) is 0 Å². The van der Waals surface area contributed by atoms with E-state index in [-0.39, 0.29) is 0 Å². The Bertz CT molecular complexity index is 305. The van der Waals surface area contributed by atoms with Crippen molar-refractivity contribution >= 4 is 16.9 Å². The van der Waals surface area contributed by atoms with Crippen LogP contribution in [0.4, 0.5) is 0 Å². The van der Waals surface area contributed by atoms with Gasteiger partial charge < -0.3 is 10.1 Å². The summed E-state index contributed by atoms with van der Waals surface area (Å²) in [5, 5.41) is 5.29. The summed E-state index contributed by atoms with van der Waals surface area (Å²) in [7, 11) is 0. The molecule has 0 bridgehead atoms. The zero-order valence-electron chi connectivity index (χ0n) is 12.0. The van der Waals surface area contributed by atoms with Gasteiger partial charge in [0.25, 0.3) is 0 Å². The summed E-state index contributed by atoms with van der Waals surface area (Å²) in [6, 6.07) is 0.382. The Morgan fingerprint density at radius 3 is 2.89 bits per heavy atom. The summed E-state index contributed by atoms with van der Waals surface area (Å²) in [4.78, 5) is 4.63. The van der Waals surface area contributed by atoms with Gasteiger partial charge in [-0.1, -0.05) is 32.5 Å². The zero-order chi connectivity index (χ0) is 13.2. The first-order valence-electron chi connectivity index (χ1n) is 7.03. The molecule has 0 saturated carbocycles. The monoisotopic (exact) mass is 270 g/mol. The maximum absolute atomic E-state index is 5.71. The second-order valence-corrected chi connectivity index (χ2v) is 7.92. The van der Waals surface area contributed by atoms with Gasteiger partial charge in [-0.05, 0) is 31.6 Å². The van der Waals surface area contributed by atoms with Crippen LogP contribution >= 0.6 is 11.8 Å². The van der Waals surface area contributed by atoms with Crippen molar-refractivity contribution < 1.29 is 4.74 Å². The molecule has 0 aromatic rings. The maximum Gasteiger partial charge on any atom is 0.157 e. The fourth-order valence-electron chi connectivity index (χ4n) is 2.57. The van der Waals surface area contributed by atoms with Crippen LogP contribution in [-0.4, -0.2) is 35.7 Å². The molecule has 1 N–H and O–H groups in total. The average molecular weight is 270 g/mol. The van der Waals surface area contributed by atoms with Crippen LogP contribution in [0.15, 0.2) is 4.99 Å². The highest BCUT2D eigenvalue weighted by Gasteiger charge is 2.28. The fourth-order valence-corrected chi connectivity index (χ4v) is 4.02. The Morgan fingerprint density at radius 1 is 1.50 bits per heavy atom. The normalized spacial score (nSPS) is 30.3. The van der Waals surface area contributed by atoms with E-state index in [1.165, 1.54) is 19.3 Å². The molecule has 2 aliphatic heterocycles. The van der Waals surface area contributed by atoms with E-state index in [1.807, 2.05) is 11.8 Å². The summed E-state index contributed by atoms with van der Waals surface area (Å²) >= 11 is 1.91. The van der Waals surface area contributed by atoms with Crippen molar-refractivity contribution in [2.24, 2.45) is 10.4 Å². The van der Waals surface area contributed by atoms with Crippen LogP contribution in [0, 0.1) is 5.41 Å². The Kier molecular flexibility index (Phi) is 4.59. The van der Waals surface area contributed by atoms with Gasteiger partial charge in [-0.15, -0.1) is 0 Å². The van der Waals surface area contributed by atoms with Gasteiger partial charge in [-0.3, -0.25) is 4.99 Å². The number of hydrogen-bond donors (Lipinski definition) is 1. The highest BCUT2D eigenvalue weighted by atomic mass is 32.2.